The van der Waals surface area contributed by atoms with Crippen LogP contribution in [0.2, 0.25) is 0 Å². The normalized spacial score (nSPS) is 13.9. The van der Waals surface area contributed by atoms with E-state index < -0.39 is 0 Å². The second-order valence-corrected chi connectivity index (χ2v) is 5.53. The Hall–Kier alpha value is -1.30. The van der Waals surface area contributed by atoms with Crippen molar-refractivity contribution in [2.45, 2.75) is 45.6 Å². The van der Waals surface area contributed by atoms with E-state index in [4.69, 9.17) is 0 Å². The molecule has 0 saturated carbocycles. The highest BCUT2D eigenvalue weighted by Gasteiger charge is 2.16. The van der Waals surface area contributed by atoms with Gasteiger partial charge in [0.1, 0.15) is 5.82 Å². The van der Waals surface area contributed by atoms with E-state index in [9.17, 15) is 9.59 Å². The molecule has 0 radical (unpaired) electrons. The van der Waals surface area contributed by atoms with Gasteiger partial charge in [0, 0.05) is 37.2 Å². The Balaban J connectivity index is 2.08. The number of carbonyl (C=O) groups excluding carboxylic acids is 1. The number of amides is 1. The fourth-order valence-corrected chi connectivity index (χ4v) is 2.74. The summed E-state index contributed by atoms with van der Waals surface area (Å²) in [6.45, 7) is 3.12. The molecule has 0 saturated heterocycles. The first kappa shape index (κ1) is 15.1. The van der Waals surface area contributed by atoms with E-state index in [0.29, 0.717) is 25.1 Å². The van der Waals surface area contributed by atoms with Crippen molar-refractivity contribution in [1.29, 1.82) is 0 Å². The van der Waals surface area contributed by atoms with Gasteiger partial charge in [-0.3, -0.25) is 14.2 Å². The number of nitrogens with zero attached hydrogens (tertiary/aromatic N) is 2. The SMILES string of the molecule is Cc1nc2n(c(=O)c1CCNC(=O)CCS)CCCC2. The number of aryl methyl sites for hydroxylation is 2. The lowest BCUT2D eigenvalue weighted by Gasteiger charge is -2.19. The first-order valence-corrected chi connectivity index (χ1v) is 7.73. The highest BCUT2D eigenvalue weighted by molar-refractivity contribution is 7.80. The number of thiol groups is 1. The zero-order chi connectivity index (χ0) is 14.5. The highest BCUT2D eigenvalue weighted by atomic mass is 32.1. The molecule has 0 unspecified atom stereocenters. The van der Waals surface area contributed by atoms with E-state index in [1.165, 1.54) is 0 Å². The van der Waals surface area contributed by atoms with E-state index in [0.717, 1.165) is 42.9 Å². The van der Waals surface area contributed by atoms with Crippen LogP contribution in [0.1, 0.15) is 36.3 Å². The Labute approximate surface area is 124 Å². The summed E-state index contributed by atoms with van der Waals surface area (Å²) in [5.41, 5.74) is 1.59. The maximum absolute atomic E-state index is 12.4. The van der Waals surface area contributed by atoms with Crippen LogP contribution in [0.5, 0.6) is 0 Å². The molecule has 1 aliphatic rings. The Morgan fingerprint density at radius 2 is 2.25 bits per heavy atom. The third-order valence-electron chi connectivity index (χ3n) is 3.62. The van der Waals surface area contributed by atoms with Crippen LogP contribution >= 0.6 is 12.6 Å². The molecule has 1 N–H and O–H groups in total. The van der Waals surface area contributed by atoms with Gasteiger partial charge in [0.05, 0.1) is 0 Å². The first-order chi connectivity index (χ1) is 9.63. The molecule has 1 aromatic rings. The van der Waals surface area contributed by atoms with E-state index in [1.807, 2.05) is 6.92 Å². The van der Waals surface area contributed by atoms with Crippen LogP contribution < -0.4 is 10.9 Å². The van der Waals surface area contributed by atoms with E-state index in [1.54, 1.807) is 4.57 Å². The van der Waals surface area contributed by atoms with Crippen LogP contribution in [0.25, 0.3) is 0 Å². The van der Waals surface area contributed by atoms with Crippen LogP contribution in [-0.2, 0) is 24.2 Å². The quantitative estimate of drug-likeness (QED) is 0.792. The summed E-state index contributed by atoms with van der Waals surface area (Å²) in [6.07, 6.45) is 3.97. The molecule has 0 aromatic carbocycles. The van der Waals surface area contributed by atoms with E-state index >= 15 is 0 Å². The lowest BCUT2D eigenvalue weighted by atomic mass is 10.1. The molecular weight excluding hydrogens is 274 g/mol. The predicted molar refractivity (Wildman–Crippen MR) is 81.4 cm³/mol. The maximum Gasteiger partial charge on any atom is 0.256 e. The number of carbonyl (C=O) groups is 1. The van der Waals surface area contributed by atoms with Crippen LogP contribution in [0.3, 0.4) is 0 Å². The molecule has 110 valence electrons. The van der Waals surface area contributed by atoms with Gasteiger partial charge in [-0.2, -0.15) is 12.6 Å². The number of nitrogens with one attached hydrogen (secondary N) is 1. The van der Waals surface area contributed by atoms with Gasteiger partial charge in [-0.25, -0.2) is 4.98 Å². The summed E-state index contributed by atoms with van der Waals surface area (Å²) in [7, 11) is 0. The average molecular weight is 295 g/mol. The highest BCUT2D eigenvalue weighted by Crippen LogP contribution is 2.12. The van der Waals surface area contributed by atoms with Crippen LogP contribution in [0.15, 0.2) is 4.79 Å². The van der Waals surface area contributed by atoms with Crippen LogP contribution in [0, 0.1) is 6.92 Å². The molecule has 2 rings (SSSR count). The number of hydrogen-bond acceptors (Lipinski definition) is 4. The molecule has 0 aliphatic carbocycles. The lowest BCUT2D eigenvalue weighted by molar-refractivity contribution is -0.120. The van der Waals surface area contributed by atoms with Gasteiger partial charge < -0.3 is 5.32 Å². The van der Waals surface area contributed by atoms with E-state index in [2.05, 4.69) is 22.9 Å². The number of hydrogen-bond donors (Lipinski definition) is 2. The smallest absolute Gasteiger partial charge is 0.256 e. The minimum atomic E-state index is -0.0244. The summed E-state index contributed by atoms with van der Waals surface area (Å²) < 4.78 is 1.79. The molecular formula is C14H21N3O2S. The second-order valence-electron chi connectivity index (χ2n) is 5.08. The lowest BCUT2D eigenvalue weighted by Crippen LogP contribution is -2.34. The zero-order valence-electron chi connectivity index (χ0n) is 11.8. The molecule has 0 spiro atoms. The van der Waals surface area contributed by atoms with Gasteiger partial charge in [0.15, 0.2) is 0 Å². The van der Waals surface area contributed by atoms with Gasteiger partial charge in [-0.15, -0.1) is 0 Å². The maximum atomic E-state index is 12.4. The van der Waals surface area contributed by atoms with Crippen molar-refractivity contribution in [2.24, 2.45) is 0 Å². The summed E-state index contributed by atoms with van der Waals surface area (Å²) in [6, 6.07) is 0. The van der Waals surface area contributed by atoms with Crippen molar-refractivity contribution in [2.75, 3.05) is 12.3 Å². The van der Waals surface area contributed by atoms with Gasteiger partial charge in [-0.1, -0.05) is 0 Å². The second kappa shape index (κ2) is 6.92. The standard InChI is InChI=1S/C14H21N3O2S/c1-10-11(5-7-15-13(18)6-9-20)14(19)17-8-3-2-4-12(17)16-10/h20H,2-9H2,1H3,(H,15,18). The molecule has 1 amide bonds. The predicted octanol–water partition coefficient (Wildman–Crippen LogP) is 0.867. The number of fused-ring (bicyclic) bond motifs is 1. The fraction of sp³-hybridized carbons (Fsp3) is 0.643. The van der Waals surface area contributed by atoms with Crippen LogP contribution in [-0.4, -0.2) is 27.8 Å². The van der Waals surface area contributed by atoms with E-state index in [-0.39, 0.29) is 11.5 Å². The molecule has 20 heavy (non-hydrogen) atoms. The van der Waals surface area contributed by atoms with Gasteiger partial charge in [0.2, 0.25) is 5.91 Å². The van der Waals surface area contributed by atoms with Crippen molar-refractivity contribution in [3.8, 4) is 0 Å². The number of rotatable bonds is 5. The largest absolute Gasteiger partial charge is 0.356 e. The Bertz CT molecular complexity index is 554. The summed E-state index contributed by atoms with van der Waals surface area (Å²) in [5, 5.41) is 2.80. The fourth-order valence-electron chi connectivity index (χ4n) is 2.54. The van der Waals surface area contributed by atoms with Crippen molar-refractivity contribution in [3.05, 3.63) is 27.4 Å². The Morgan fingerprint density at radius 3 is 3.00 bits per heavy atom. The number of aromatic nitrogens is 2. The topological polar surface area (TPSA) is 64.0 Å². The van der Waals surface area contributed by atoms with Crippen molar-refractivity contribution >= 4 is 18.5 Å². The molecule has 5 nitrogen and oxygen atoms in total. The van der Waals surface area contributed by atoms with Crippen molar-refractivity contribution in [1.82, 2.24) is 14.9 Å². The van der Waals surface area contributed by atoms with Gasteiger partial charge in [0.25, 0.3) is 5.56 Å². The average Bonchev–Trinajstić information content (AvgIpc) is 2.43. The molecule has 6 heteroatoms. The molecule has 0 bridgehead atoms. The first-order valence-electron chi connectivity index (χ1n) is 7.10. The van der Waals surface area contributed by atoms with Gasteiger partial charge >= 0.3 is 0 Å². The molecule has 2 heterocycles. The monoisotopic (exact) mass is 295 g/mol. The Kier molecular flexibility index (Phi) is 5.23. The zero-order valence-corrected chi connectivity index (χ0v) is 12.7. The summed E-state index contributed by atoms with van der Waals surface area (Å²) in [4.78, 5) is 28.4. The Morgan fingerprint density at radius 1 is 1.45 bits per heavy atom. The summed E-state index contributed by atoms with van der Waals surface area (Å²) >= 11 is 4.01. The van der Waals surface area contributed by atoms with Crippen molar-refractivity contribution in [3.63, 3.8) is 0 Å². The molecule has 1 aliphatic heterocycles. The van der Waals surface area contributed by atoms with Crippen molar-refractivity contribution < 1.29 is 4.79 Å². The minimum absolute atomic E-state index is 0.0244. The third kappa shape index (κ3) is 3.42. The van der Waals surface area contributed by atoms with Gasteiger partial charge in [-0.05, 0) is 31.9 Å². The molecule has 0 fully saturated rings. The van der Waals surface area contributed by atoms with Crippen LogP contribution in [0.4, 0.5) is 0 Å². The summed E-state index contributed by atoms with van der Waals surface area (Å²) in [5.74, 6) is 1.42. The third-order valence-corrected chi connectivity index (χ3v) is 3.84. The minimum Gasteiger partial charge on any atom is -0.356 e. The molecule has 1 aromatic heterocycles. The molecule has 0 atom stereocenters.